The van der Waals surface area contributed by atoms with Gasteiger partial charge in [0, 0.05) is 26.4 Å². The zero-order chi connectivity index (χ0) is 28.4. The van der Waals surface area contributed by atoms with Crippen LogP contribution in [0.25, 0.3) is 10.1 Å². The average Bonchev–Trinajstić information content (AvgIpc) is 3.67. The predicted molar refractivity (Wildman–Crippen MR) is 149 cm³/mol. The largest absolute Gasteiger partial charge is 0.447 e. The third kappa shape index (κ3) is 5.51. The second kappa shape index (κ2) is 11.4. The Morgan fingerprint density at radius 1 is 1.18 bits per heavy atom. The highest BCUT2D eigenvalue weighted by molar-refractivity contribution is 7.17. The number of carbonyl (C=O) groups excluding carboxylic acids is 3. The Morgan fingerprint density at radius 3 is 2.73 bits per heavy atom. The SMILES string of the molecule is CC(=O)Cn1c(C(=O)NCc2cnco2)nc(NC(=O)c2csc3ccccc23)c1[C@@H](C)c1cc(F)ccc1Cl. The standard InChI is InChI=1S/C28H23ClFN5O4S/c1-15(36)12-35-24(16(2)20-9-17(30)7-8-22(20)29)25(33-26(35)28(38)32-11-18-10-31-14-39-18)34-27(37)21-13-40-23-6-4-3-5-19(21)23/h3-10,13-14,16H,11-12H2,1-2H3,(H,32,38)(H,34,37)/t16-/m0/s1. The summed E-state index contributed by atoms with van der Waals surface area (Å²) in [5.41, 5.74) is 1.15. The molecular weight excluding hydrogens is 557 g/mol. The molecule has 5 aromatic rings. The molecule has 0 aliphatic rings. The van der Waals surface area contributed by atoms with Crippen LogP contribution >= 0.6 is 22.9 Å². The van der Waals surface area contributed by atoms with Gasteiger partial charge < -0.3 is 19.6 Å². The fourth-order valence-electron chi connectivity index (χ4n) is 4.45. The van der Waals surface area contributed by atoms with E-state index in [1.165, 1.54) is 53.6 Å². The summed E-state index contributed by atoms with van der Waals surface area (Å²) in [6.45, 7) is 2.91. The minimum absolute atomic E-state index is 0.0228. The topological polar surface area (TPSA) is 119 Å². The third-order valence-electron chi connectivity index (χ3n) is 6.29. The van der Waals surface area contributed by atoms with Crippen molar-refractivity contribution in [2.24, 2.45) is 0 Å². The molecule has 0 aliphatic heterocycles. The summed E-state index contributed by atoms with van der Waals surface area (Å²) < 4.78 is 21.8. The number of nitrogens with one attached hydrogen (secondary N) is 2. The number of rotatable bonds is 9. The minimum atomic E-state index is -0.666. The van der Waals surface area contributed by atoms with Gasteiger partial charge in [-0.25, -0.2) is 14.4 Å². The second-order valence-electron chi connectivity index (χ2n) is 9.10. The predicted octanol–water partition coefficient (Wildman–Crippen LogP) is 5.80. The van der Waals surface area contributed by atoms with Crippen molar-refractivity contribution < 1.29 is 23.2 Å². The van der Waals surface area contributed by atoms with Gasteiger partial charge in [0.1, 0.15) is 17.4 Å². The quantitative estimate of drug-likeness (QED) is 0.228. The lowest BCUT2D eigenvalue weighted by Crippen LogP contribution is -2.28. The van der Waals surface area contributed by atoms with Crippen LogP contribution in [0.1, 0.15) is 57.8 Å². The smallest absolute Gasteiger partial charge is 0.287 e. The Bertz CT molecular complexity index is 1730. The van der Waals surface area contributed by atoms with E-state index in [2.05, 4.69) is 20.6 Å². The first kappa shape index (κ1) is 27.2. The van der Waals surface area contributed by atoms with Crippen molar-refractivity contribution in [3.63, 3.8) is 0 Å². The van der Waals surface area contributed by atoms with Crippen molar-refractivity contribution in [1.82, 2.24) is 19.9 Å². The molecule has 204 valence electrons. The number of anilines is 1. The maximum absolute atomic E-state index is 14.3. The lowest BCUT2D eigenvalue weighted by atomic mass is 9.96. The van der Waals surface area contributed by atoms with Gasteiger partial charge in [-0.3, -0.25) is 14.4 Å². The van der Waals surface area contributed by atoms with Crippen LogP contribution in [-0.4, -0.2) is 32.1 Å². The van der Waals surface area contributed by atoms with Gasteiger partial charge in [-0.2, -0.15) is 0 Å². The molecule has 1 atom stereocenters. The van der Waals surface area contributed by atoms with Crippen molar-refractivity contribution >= 4 is 56.4 Å². The van der Waals surface area contributed by atoms with Gasteiger partial charge >= 0.3 is 0 Å². The molecule has 2 aromatic carbocycles. The van der Waals surface area contributed by atoms with Crippen LogP contribution in [0, 0.1) is 5.82 Å². The Kier molecular flexibility index (Phi) is 7.76. The van der Waals surface area contributed by atoms with Crippen LogP contribution < -0.4 is 10.6 Å². The van der Waals surface area contributed by atoms with E-state index in [9.17, 15) is 18.8 Å². The molecule has 0 spiro atoms. The molecule has 0 saturated heterocycles. The number of aromatic nitrogens is 3. The molecule has 12 heteroatoms. The van der Waals surface area contributed by atoms with Crippen LogP contribution in [0.2, 0.25) is 5.02 Å². The summed E-state index contributed by atoms with van der Waals surface area (Å²) >= 11 is 7.86. The van der Waals surface area contributed by atoms with Gasteiger partial charge in [-0.15, -0.1) is 11.3 Å². The summed E-state index contributed by atoms with van der Waals surface area (Å²) in [6.07, 6.45) is 2.70. The fraction of sp³-hybridized carbons (Fsp3) is 0.179. The minimum Gasteiger partial charge on any atom is -0.447 e. The molecule has 0 radical (unpaired) electrons. The van der Waals surface area contributed by atoms with Gasteiger partial charge in [0.2, 0.25) is 5.82 Å². The number of hydrogen-bond acceptors (Lipinski definition) is 7. The maximum Gasteiger partial charge on any atom is 0.287 e. The number of halogens is 2. The van der Waals surface area contributed by atoms with Crippen molar-refractivity contribution in [1.29, 1.82) is 0 Å². The average molecular weight is 580 g/mol. The van der Waals surface area contributed by atoms with E-state index in [4.69, 9.17) is 16.0 Å². The van der Waals surface area contributed by atoms with E-state index < -0.39 is 23.5 Å². The van der Waals surface area contributed by atoms with Crippen molar-refractivity contribution in [2.75, 3.05) is 5.32 Å². The van der Waals surface area contributed by atoms with Crippen molar-refractivity contribution in [2.45, 2.75) is 32.9 Å². The first-order chi connectivity index (χ1) is 19.2. The Balaban J connectivity index is 1.61. The van der Waals surface area contributed by atoms with Gasteiger partial charge in [-0.1, -0.05) is 36.7 Å². The number of imidazole rings is 1. The highest BCUT2D eigenvalue weighted by atomic mass is 35.5. The highest BCUT2D eigenvalue weighted by Crippen LogP contribution is 2.36. The maximum atomic E-state index is 14.3. The molecule has 5 rings (SSSR count). The van der Waals surface area contributed by atoms with Crippen LogP contribution in [0.3, 0.4) is 0 Å². The van der Waals surface area contributed by atoms with Gasteiger partial charge in [0.05, 0.1) is 30.5 Å². The summed E-state index contributed by atoms with van der Waals surface area (Å²) in [7, 11) is 0. The molecule has 3 aromatic heterocycles. The molecule has 0 fully saturated rings. The summed E-state index contributed by atoms with van der Waals surface area (Å²) in [5, 5.41) is 8.31. The normalized spacial score (nSPS) is 11.9. The van der Waals surface area contributed by atoms with Crippen LogP contribution in [0.4, 0.5) is 10.2 Å². The lowest BCUT2D eigenvalue weighted by molar-refractivity contribution is -0.117. The van der Waals surface area contributed by atoms with Crippen LogP contribution in [0.15, 0.2) is 64.9 Å². The number of Topliss-reactive ketones (excluding diaryl/α,β-unsaturated/α-hetero) is 1. The summed E-state index contributed by atoms with van der Waals surface area (Å²) in [4.78, 5) is 47.5. The molecule has 0 aliphatic carbocycles. The monoisotopic (exact) mass is 579 g/mol. The first-order valence-corrected chi connectivity index (χ1v) is 13.5. The number of ketones is 1. The van der Waals surface area contributed by atoms with Crippen LogP contribution in [-0.2, 0) is 17.9 Å². The molecule has 2 N–H and O–H groups in total. The van der Waals surface area contributed by atoms with E-state index in [0.29, 0.717) is 22.6 Å². The Hall–Kier alpha value is -4.35. The Labute approximate surface area is 237 Å². The number of carbonyl (C=O) groups is 3. The molecule has 9 nitrogen and oxygen atoms in total. The zero-order valence-corrected chi connectivity index (χ0v) is 23.0. The molecule has 0 unspecified atom stereocenters. The van der Waals surface area contributed by atoms with Gasteiger partial charge in [-0.05, 0) is 36.8 Å². The number of benzene rings is 2. The lowest BCUT2D eigenvalue weighted by Gasteiger charge is -2.19. The number of oxazole rings is 1. The van der Waals surface area contributed by atoms with Gasteiger partial charge in [0.25, 0.3) is 11.8 Å². The van der Waals surface area contributed by atoms with E-state index in [1.807, 2.05) is 24.3 Å². The number of amides is 2. The Morgan fingerprint density at radius 2 is 1.98 bits per heavy atom. The molecule has 0 bridgehead atoms. The molecule has 40 heavy (non-hydrogen) atoms. The number of nitrogens with zero attached hydrogens (tertiary/aromatic N) is 3. The molecule has 3 heterocycles. The van der Waals surface area contributed by atoms with E-state index >= 15 is 0 Å². The number of fused-ring (bicyclic) bond motifs is 1. The molecular formula is C28H23ClFN5O4S. The highest BCUT2D eigenvalue weighted by Gasteiger charge is 2.30. The van der Waals surface area contributed by atoms with Crippen molar-refractivity contribution in [3.8, 4) is 0 Å². The fourth-order valence-corrected chi connectivity index (χ4v) is 5.67. The van der Waals surface area contributed by atoms with E-state index in [0.717, 1.165) is 10.1 Å². The number of hydrogen-bond donors (Lipinski definition) is 2. The zero-order valence-electron chi connectivity index (χ0n) is 21.4. The number of thiophene rings is 1. The summed E-state index contributed by atoms with van der Waals surface area (Å²) in [6, 6.07) is 11.4. The van der Waals surface area contributed by atoms with E-state index in [1.54, 1.807) is 12.3 Å². The summed E-state index contributed by atoms with van der Waals surface area (Å²) in [5.74, 6) is -2.15. The second-order valence-corrected chi connectivity index (χ2v) is 10.4. The van der Waals surface area contributed by atoms with Crippen LogP contribution in [0.5, 0.6) is 0 Å². The third-order valence-corrected chi connectivity index (χ3v) is 7.60. The molecule has 2 amide bonds. The molecule has 0 saturated carbocycles. The van der Waals surface area contributed by atoms with Gasteiger partial charge in [0.15, 0.2) is 12.2 Å². The van der Waals surface area contributed by atoms with Crippen molar-refractivity contribution in [3.05, 3.63) is 99.7 Å². The van der Waals surface area contributed by atoms with E-state index in [-0.39, 0.29) is 35.5 Å². The first-order valence-electron chi connectivity index (χ1n) is 12.2.